The van der Waals surface area contributed by atoms with Gasteiger partial charge in [0.05, 0.1) is 0 Å². The average molecular weight is 513 g/mol. The van der Waals surface area contributed by atoms with Crippen molar-refractivity contribution in [1.29, 1.82) is 0 Å². The van der Waals surface area contributed by atoms with Crippen molar-refractivity contribution in [2.24, 2.45) is 0 Å². The molecule has 0 radical (unpaired) electrons. The normalized spacial score (nSPS) is 21.2. The first kappa shape index (κ1) is 23.3. The van der Waals surface area contributed by atoms with Crippen molar-refractivity contribution in [2.45, 2.75) is 44.4 Å². The van der Waals surface area contributed by atoms with Crippen LogP contribution in [0.3, 0.4) is 0 Å². The average Bonchev–Trinajstić information content (AvgIpc) is 3.29. The number of nitrogens with zero attached hydrogens (tertiary/aromatic N) is 2. The first-order valence-corrected chi connectivity index (χ1v) is 13.4. The Bertz CT molecular complexity index is 1520. The second-order valence-corrected chi connectivity index (χ2v) is 12.5. The van der Waals surface area contributed by atoms with Gasteiger partial charge in [0.1, 0.15) is 5.57 Å². The standard InChI is InChI=1S/C30H28N2O2S2/c1-29(2)19-11-8-7-10-17(19)23-24-20(29)12-9-13-21(24)30(3,4)22-15-16(36-25(22)23)14-18-26(33)31(5)28(35)32(6)27(18)34/h7-15,23H,1-6H3. The minimum Gasteiger partial charge on any atom is -0.288 e. The number of benzene rings is 2. The number of carbonyl (C=O) groups excluding carboxylic acids is 2. The van der Waals surface area contributed by atoms with Crippen LogP contribution in [0, 0.1) is 0 Å². The Morgan fingerprint density at radius 1 is 0.833 bits per heavy atom. The molecule has 182 valence electrons. The fraction of sp³-hybridized carbons (Fsp3) is 0.300. The maximum atomic E-state index is 13.0. The quantitative estimate of drug-likeness (QED) is 0.235. The van der Waals surface area contributed by atoms with Crippen molar-refractivity contribution >= 4 is 46.6 Å². The molecular weight excluding hydrogens is 484 g/mol. The molecule has 1 atom stereocenters. The lowest BCUT2D eigenvalue weighted by Gasteiger charge is -2.46. The van der Waals surface area contributed by atoms with Crippen LogP contribution in [0.15, 0.2) is 54.1 Å². The molecule has 0 spiro atoms. The molecule has 6 rings (SSSR count). The lowest BCUT2D eigenvalue weighted by atomic mass is 9.58. The zero-order chi connectivity index (χ0) is 25.7. The van der Waals surface area contributed by atoms with Crippen LogP contribution in [0.2, 0.25) is 0 Å². The summed E-state index contributed by atoms with van der Waals surface area (Å²) in [6, 6.07) is 17.7. The minimum atomic E-state index is -0.357. The van der Waals surface area contributed by atoms with Crippen molar-refractivity contribution in [3.05, 3.63) is 97.2 Å². The predicted octanol–water partition coefficient (Wildman–Crippen LogP) is 5.81. The Kier molecular flexibility index (Phi) is 4.83. The SMILES string of the molecule is CN1C(=O)C(=Cc2cc3c(s2)C2c4ccccc4C(C)(C)c4cccc(c42)C3(C)C)C(=O)N(C)C1=S. The number of fused-ring (bicyclic) bond motifs is 4. The van der Waals surface area contributed by atoms with Crippen LogP contribution in [-0.4, -0.2) is 40.8 Å². The summed E-state index contributed by atoms with van der Waals surface area (Å²) < 4.78 is 0. The molecule has 36 heavy (non-hydrogen) atoms. The van der Waals surface area contributed by atoms with Gasteiger partial charge >= 0.3 is 0 Å². The van der Waals surface area contributed by atoms with Gasteiger partial charge in [-0.15, -0.1) is 11.3 Å². The van der Waals surface area contributed by atoms with E-state index in [0.717, 1.165) is 4.88 Å². The van der Waals surface area contributed by atoms with E-state index in [4.69, 9.17) is 12.2 Å². The summed E-state index contributed by atoms with van der Waals surface area (Å²) >= 11 is 6.95. The van der Waals surface area contributed by atoms with Crippen molar-refractivity contribution in [1.82, 2.24) is 9.80 Å². The topological polar surface area (TPSA) is 40.6 Å². The van der Waals surface area contributed by atoms with Crippen molar-refractivity contribution < 1.29 is 9.59 Å². The molecule has 2 amide bonds. The minimum absolute atomic E-state index is 0.0946. The van der Waals surface area contributed by atoms with E-state index in [1.807, 2.05) is 0 Å². The molecule has 1 unspecified atom stereocenters. The summed E-state index contributed by atoms with van der Waals surface area (Å²) in [5.74, 6) is -0.579. The second kappa shape index (κ2) is 7.46. The second-order valence-electron chi connectivity index (χ2n) is 11.0. The molecule has 3 aliphatic rings. The van der Waals surface area contributed by atoms with Gasteiger partial charge in [-0.05, 0) is 57.7 Å². The molecule has 3 aromatic rings. The highest BCUT2D eigenvalue weighted by Crippen LogP contribution is 2.58. The van der Waals surface area contributed by atoms with Gasteiger partial charge in [-0.25, -0.2) is 0 Å². The number of hydrogen-bond donors (Lipinski definition) is 0. The van der Waals surface area contributed by atoms with Gasteiger partial charge in [-0.2, -0.15) is 0 Å². The third-order valence-electron chi connectivity index (χ3n) is 8.33. The number of thiocarbonyl (C=S) groups is 1. The van der Waals surface area contributed by atoms with Crippen molar-refractivity contribution in [3.8, 4) is 0 Å². The zero-order valence-corrected chi connectivity index (χ0v) is 22.9. The largest absolute Gasteiger partial charge is 0.288 e. The van der Waals surface area contributed by atoms with Gasteiger partial charge < -0.3 is 0 Å². The van der Waals surface area contributed by atoms with E-state index in [0.29, 0.717) is 0 Å². The number of hydrogen-bond acceptors (Lipinski definition) is 4. The van der Waals surface area contributed by atoms with Crippen molar-refractivity contribution in [2.75, 3.05) is 14.1 Å². The summed E-state index contributed by atoms with van der Waals surface area (Å²) in [5.41, 5.74) is 7.95. The summed E-state index contributed by atoms with van der Waals surface area (Å²) in [4.78, 5) is 30.9. The fourth-order valence-corrected chi connectivity index (χ4v) is 7.88. The molecule has 0 saturated carbocycles. The highest BCUT2D eigenvalue weighted by molar-refractivity contribution is 7.80. The van der Waals surface area contributed by atoms with Gasteiger partial charge in [-0.3, -0.25) is 19.4 Å². The fourth-order valence-electron chi connectivity index (χ4n) is 6.32. The van der Waals surface area contributed by atoms with Crippen LogP contribution >= 0.6 is 23.6 Å². The van der Waals surface area contributed by atoms with Gasteiger partial charge in [-0.1, -0.05) is 70.2 Å². The Balaban J connectivity index is 1.59. The van der Waals surface area contributed by atoms with Crippen molar-refractivity contribution in [3.63, 3.8) is 0 Å². The van der Waals surface area contributed by atoms with E-state index in [-0.39, 0.29) is 39.2 Å². The molecule has 6 heteroatoms. The lowest BCUT2D eigenvalue weighted by molar-refractivity contribution is -0.132. The number of amides is 2. The van der Waals surface area contributed by atoms with E-state index in [1.165, 1.54) is 48.1 Å². The molecule has 2 heterocycles. The van der Waals surface area contributed by atoms with Crippen LogP contribution in [0.5, 0.6) is 0 Å². The number of thiophene rings is 1. The number of rotatable bonds is 1. The third kappa shape index (κ3) is 2.88. The van der Waals surface area contributed by atoms with E-state index >= 15 is 0 Å². The third-order valence-corrected chi connectivity index (χ3v) is 10.0. The Morgan fingerprint density at radius 2 is 1.39 bits per heavy atom. The van der Waals surface area contributed by atoms with E-state index in [1.54, 1.807) is 31.5 Å². The lowest BCUT2D eigenvalue weighted by Crippen LogP contribution is -2.52. The first-order chi connectivity index (χ1) is 17.0. The summed E-state index contributed by atoms with van der Waals surface area (Å²) in [5, 5.41) is 0.221. The maximum absolute atomic E-state index is 13.0. The summed E-state index contributed by atoms with van der Waals surface area (Å²) in [6.45, 7) is 9.21. The summed E-state index contributed by atoms with van der Waals surface area (Å²) in [6.07, 6.45) is 1.75. The number of likely N-dealkylation sites (N-methyl/N-ethyl adjacent to an activating group) is 2. The Hall–Kier alpha value is -3.09. The van der Waals surface area contributed by atoms with Gasteiger partial charge in [0.25, 0.3) is 11.8 Å². The van der Waals surface area contributed by atoms with E-state index in [9.17, 15) is 9.59 Å². The molecule has 1 saturated heterocycles. The molecule has 4 nitrogen and oxygen atoms in total. The Labute approximate surface area is 221 Å². The molecule has 2 aromatic carbocycles. The molecule has 1 fully saturated rings. The molecule has 2 aliphatic carbocycles. The van der Waals surface area contributed by atoms with Gasteiger partial charge in [0.2, 0.25) is 0 Å². The van der Waals surface area contributed by atoms with Gasteiger partial charge in [0, 0.05) is 40.6 Å². The molecule has 0 bridgehead atoms. The smallest absolute Gasteiger partial charge is 0.265 e. The highest BCUT2D eigenvalue weighted by Gasteiger charge is 2.47. The Morgan fingerprint density at radius 3 is 2.03 bits per heavy atom. The molecule has 1 aliphatic heterocycles. The van der Waals surface area contributed by atoms with Gasteiger partial charge in [0.15, 0.2) is 5.11 Å². The number of carbonyl (C=O) groups is 2. The predicted molar refractivity (Wildman–Crippen MR) is 149 cm³/mol. The summed E-state index contributed by atoms with van der Waals surface area (Å²) in [7, 11) is 3.23. The maximum Gasteiger partial charge on any atom is 0.265 e. The zero-order valence-electron chi connectivity index (χ0n) is 21.3. The highest BCUT2D eigenvalue weighted by atomic mass is 32.1. The monoisotopic (exact) mass is 512 g/mol. The van der Waals surface area contributed by atoms with E-state index < -0.39 is 0 Å². The van der Waals surface area contributed by atoms with Crippen LogP contribution in [0.4, 0.5) is 0 Å². The van der Waals surface area contributed by atoms with Crippen LogP contribution in [0.25, 0.3) is 6.08 Å². The van der Waals surface area contributed by atoms with Crippen LogP contribution in [0.1, 0.15) is 76.7 Å². The molecule has 0 N–H and O–H groups in total. The first-order valence-electron chi connectivity index (χ1n) is 12.2. The molecular formula is C30H28N2O2S2. The van der Waals surface area contributed by atoms with E-state index in [2.05, 4.69) is 76.2 Å². The molecule has 1 aromatic heterocycles. The van der Waals surface area contributed by atoms with Crippen LogP contribution < -0.4 is 0 Å². The van der Waals surface area contributed by atoms with Crippen LogP contribution in [-0.2, 0) is 20.4 Å².